The molecule has 0 unspecified atom stereocenters. The molecule has 9 heteroatoms. The molecule has 2 aliphatic rings. The van der Waals surface area contributed by atoms with E-state index in [1.807, 2.05) is 41.0 Å². The van der Waals surface area contributed by atoms with Gasteiger partial charge in [-0.05, 0) is 60.7 Å². The van der Waals surface area contributed by atoms with E-state index in [9.17, 15) is 18.0 Å². The maximum absolute atomic E-state index is 13.0. The normalized spacial score (nSPS) is 18.3. The predicted molar refractivity (Wildman–Crippen MR) is 121 cm³/mol. The average Bonchev–Trinajstić information content (AvgIpc) is 3.15. The minimum absolute atomic E-state index is 0.279. The fourth-order valence-electron chi connectivity index (χ4n) is 3.55. The number of benzene rings is 2. The number of piperazine rings is 1. The van der Waals surface area contributed by atoms with Crippen LogP contribution in [0.5, 0.6) is 5.75 Å². The standard InChI is InChI=1S/C23H22F3N3O2S/c1-2-31-19-8-6-16(7-9-19)14-20-21(30)27-22(32-20)29-12-10-28(11-13-29)18-5-3-4-17(15-18)23(24,25)26/h3-9,14-15H,2,10-13H2,1H3. The smallest absolute Gasteiger partial charge is 0.416 e. The molecule has 0 radical (unpaired) electrons. The molecule has 2 aromatic rings. The number of amides is 1. The maximum Gasteiger partial charge on any atom is 0.416 e. The van der Waals surface area contributed by atoms with Gasteiger partial charge in [0.05, 0.1) is 17.1 Å². The van der Waals surface area contributed by atoms with Crippen LogP contribution < -0.4 is 9.64 Å². The number of carbonyl (C=O) groups is 1. The van der Waals surface area contributed by atoms with Crippen LogP contribution in [0.15, 0.2) is 58.4 Å². The molecular weight excluding hydrogens is 439 g/mol. The zero-order chi connectivity index (χ0) is 22.7. The number of hydrogen-bond donors (Lipinski definition) is 0. The lowest BCUT2D eigenvalue weighted by Gasteiger charge is -2.36. The summed E-state index contributed by atoms with van der Waals surface area (Å²) in [6.07, 6.45) is -2.56. The maximum atomic E-state index is 13.0. The number of thioether (sulfide) groups is 1. The lowest BCUT2D eigenvalue weighted by molar-refractivity contribution is -0.137. The van der Waals surface area contributed by atoms with E-state index in [1.54, 1.807) is 12.1 Å². The van der Waals surface area contributed by atoms with E-state index in [2.05, 4.69) is 4.99 Å². The highest BCUT2D eigenvalue weighted by atomic mass is 32.2. The minimum Gasteiger partial charge on any atom is -0.494 e. The van der Waals surface area contributed by atoms with Crippen LogP contribution in [0.3, 0.4) is 0 Å². The third kappa shape index (κ3) is 5.09. The lowest BCUT2D eigenvalue weighted by Crippen LogP contribution is -2.47. The average molecular weight is 462 g/mol. The van der Waals surface area contributed by atoms with Gasteiger partial charge in [-0.15, -0.1) is 0 Å². The van der Waals surface area contributed by atoms with Gasteiger partial charge >= 0.3 is 6.18 Å². The van der Waals surface area contributed by atoms with Gasteiger partial charge in [0.2, 0.25) is 0 Å². The molecule has 0 bridgehead atoms. The molecule has 2 heterocycles. The van der Waals surface area contributed by atoms with Gasteiger partial charge in [-0.2, -0.15) is 18.2 Å². The van der Waals surface area contributed by atoms with Gasteiger partial charge in [-0.25, -0.2) is 0 Å². The molecule has 0 aromatic heterocycles. The van der Waals surface area contributed by atoms with Crippen molar-refractivity contribution < 1.29 is 22.7 Å². The summed E-state index contributed by atoms with van der Waals surface area (Å²) in [5, 5.41) is 0.635. The van der Waals surface area contributed by atoms with E-state index in [0.29, 0.717) is 48.5 Å². The summed E-state index contributed by atoms with van der Waals surface area (Å²) in [7, 11) is 0. The molecule has 0 saturated carbocycles. The third-order valence-corrected chi connectivity index (χ3v) is 6.23. The van der Waals surface area contributed by atoms with Crippen LogP contribution in [0, 0.1) is 0 Å². The van der Waals surface area contributed by atoms with Crippen molar-refractivity contribution in [1.29, 1.82) is 0 Å². The van der Waals surface area contributed by atoms with E-state index in [1.165, 1.54) is 23.9 Å². The number of anilines is 1. The second kappa shape index (κ2) is 9.28. The Hall–Kier alpha value is -2.94. The van der Waals surface area contributed by atoms with Gasteiger partial charge in [0.25, 0.3) is 5.91 Å². The quantitative estimate of drug-likeness (QED) is 0.607. The van der Waals surface area contributed by atoms with Crippen molar-refractivity contribution in [3.8, 4) is 5.75 Å². The number of halogens is 3. The van der Waals surface area contributed by atoms with Gasteiger partial charge in [-0.3, -0.25) is 4.79 Å². The number of aliphatic imine (C=N–C) groups is 1. The Morgan fingerprint density at radius 2 is 1.75 bits per heavy atom. The summed E-state index contributed by atoms with van der Waals surface area (Å²) in [5.74, 6) is 0.495. The van der Waals surface area contributed by atoms with E-state index in [4.69, 9.17) is 4.74 Å². The zero-order valence-electron chi connectivity index (χ0n) is 17.4. The van der Waals surface area contributed by atoms with Gasteiger partial charge in [0.1, 0.15) is 5.75 Å². The van der Waals surface area contributed by atoms with Crippen LogP contribution in [0.25, 0.3) is 6.08 Å². The van der Waals surface area contributed by atoms with Crippen molar-refractivity contribution >= 4 is 34.6 Å². The van der Waals surface area contributed by atoms with Crippen molar-refractivity contribution in [1.82, 2.24) is 4.90 Å². The molecule has 0 spiro atoms. The van der Waals surface area contributed by atoms with Gasteiger partial charge in [0, 0.05) is 31.9 Å². The summed E-state index contributed by atoms with van der Waals surface area (Å²) in [4.78, 5) is 21.0. The minimum atomic E-state index is -4.36. The van der Waals surface area contributed by atoms with Crippen LogP contribution in [0.4, 0.5) is 18.9 Å². The van der Waals surface area contributed by atoms with Crippen molar-refractivity contribution in [2.75, 3.05) is 37.7 Å². The van der Waals surface area contributed by atoms with Crippen LogP contribution in [-0.2, 0) is 11.0 Å². The highest BCUT2D eigenvalue weighted by molar-refractivity contribution is 8.18. The largest absolute Gasteiger partial charge is 0.494 e. The van der Waals surface area contributed by atoms with E-state index in [0.717, 1.165) is 17.4 Å². The molecule has 5 nitrogen and oxygen atoms in total. The van der Waals surface area contributed by atoms with Crippen molar-refractivity contribution in [3.05, 3.63) is 64.6 Å². The molecular formula is C23H22F3N3O2S. The highest BCUT2D eigenvalue weighted by Crippen LogP contribution is 2.33. The van der Waals surface area contributed by atoms with Crippen LogP contribution in [0.1, 0.15) is 18.1 Å². The summed E-state index contributed by atoms with van der Waals surface area (Å²) >= 11 is 1.33. The lowest BCUT2D eigenvalue weighted by atomic mass is 10.1. The van der Waals surface area contributed by atoms with Crippen LogP contribution >= 0.6 is 11.8 Å². The second-order valence-electron chi connectivity index (χ2n) is 7.33. The molecule has 0 N–H and O–H groups in total. The number of rotatable bonds is 4. The topological polar surface area (TPSA) is 45.1 Å². The fraction of sp³-hybridized carbons (Fsp3) is 0.304. The molecule has 4 rings (SSSR count). The molecule has 32 heavy (non-hydrogen) atoms. The summed E-state index contributed by atoms with van der Waals surface area (Å²) in [5.41, 5.74) is 0.783. The fourth-order valence-corrected chi connectivity index (χ4v) is 4.51. The Labute approximate surface area is 188 Å². The van der Waals surface area contributed by atoms with E-state index >= 15 is 0 Å². The Morgan fingerprint density at radius 1 is 1.06 bits per heavy atom. The van der Waals surface area contributed by atoms with Crippen LogP contribution in [0.2, 0.25) is 0 Å². The first-order valence-electron chi connectivity index (χ1n) is 10.3. The molecule has 2 aliphatic heterocycles. The zero-order valence-corrected chi connectivity index (χ0v) is 18.2. The number of amidine groups is 1. The molecule has 168 valence electrons. The summed E-state index contributed by atoms with van der Waals surface area (Å²) in [6.45, 7) is 4.76. The van der Waals surface area contributed by atoms with Crippen LogP contribution in [-0.4, -0.2) is 48.8 Å². The third-order valence-electron chi connectivity index (χ3n) is 5.19. The first-order chi connectivity index (χ1) is 15.3. The Kier molecular flexibility index (Phi) is 6.45. The molecule has 2 aromatic carbocycles. The van der Waals surface area contributed by atoms with Crippen molar-refractivity contribution in [2.24, 2.45) is 4.99 Å². The highest BCUT2D eigenvalue weighted by Gasteiger charge is 2.32. The predicted octanol–water partition coefficient (Wildman–Crippen LogP) is 4.90. The SMILES string of the molecule is CCOc1ccc(C=C2SC(N3CCN(c4cccc(C(F)(F)F)c4)CC3)=NC2=O)cc1. The van der Waals surface area contributed by atoms with E-state index in [-0.39, 0.29) is 5.91 Å². The number of hydrogen-bond acceptors (Lipinski definition) is 5. The summed E-state index contributed by atoms with van der Waals surface area (Å²) in [6, 6.07) is 12.9. The monoisotopic (exact) mass is 461 g/mol. The van der Waals surface area contributed by atoms with Crippen molar-refractivity contribution in [3.63, 3.8) is 0 Å². The van der Waals surface area contributed by atoms with Gasteiger partial charge < -0.3 is 14.5 Å². The number of carbonyl (C=O) groups excluding carboxylic acids is 1. The number of alkyl halides is 3. The van der Waals surface area contributed by atoms with Gasteiger partial charge in [0.15, 0.2) is 5.17 Å². The Balaban J connectivity index is 1.37. The molecule has 1 amide bonds. The molecule has 0 atom stereocenters. The van der Waals surface area contributed by atoms with Crippen molar-refractivity contribution in [2.45, 2.75) is 13.1 Å². The molecule has 1 fully saturated rings. The second-order valence-corrected chi connectivity index (χ2v) is 8.34. The summed E-state index contributed by atoms with van der Waals surface area (Å²) < 4.78 is 44.4. The Morgan fingerprint density at radius 3 is 2.41 bits per heavy atom. The van der Waals surface area contributed by atoms with E-state index < -0.39 is 11.7 Å². The molecule has 1 saturated heterocycles. The van der Waals surface area contributed by atoms with Gasteiger partial charge in [-0.1, -0.05) is 18.2 Å². The number of ether oxygens (including phenoxy) is 1. The number of nitrogens with zero attached hydrogens (tertiary/aromatic N) is 3. The first kappa shape index (κ1) is 22.3. The Bertz CT molecular complexity index is 1040. The first-order valence-corrected chi connectivity index (χ1v) is 11.1. The molecule has 0 aliphatic carbocycles.